The molecule has 0 unspecified atom stereocenters. The zero-order valence-electron chi connectivity index (χ0n) is 24.1. The van der Waals surface area contributed by atoms with Gasteiger partial charge in [-0.3, -0.25) is 14.0 Å². The number of hydrogen-bond donors (Lipinski definition) is 0. The second kappa shape index (κ2) is 14.8. The van der Waals surface area contributed by atoms with Crippen molar-refractivity contribution in [3.8, 4) is 0 Å². The molecule has 0 bridgehead atoms. The number of nitrogens with zero attached hydrogens (tertiary/aromatic N) is 4. The van der Waals surface area contributed by atoms with Crippen LogP contribution in [0.4, 0.5) is 0 Å². The molecule has 0 aliphatic heterocycles. The van der Waals surface area contributed by atoms with Gasteiger partial charge in [0.2, 0.25) is 0 Å². The minimum absolute atomic E-state index is 0.0210. The number of esters is 1. The highest BCUT2D eigenvalue weighted by Crippen LogP contribution is 2.14. The monoisotopic (exact) mass is 564 g/mol. The predicted molar refractivity (Wildman–Crippen MR) is 154 cm³/mol. The van der Waals surface area contributed by atoms with Gasteiger partial charge in [-0.25, -0.2) is 9.78 Å². The summed E-state index contributed by atoms with van der Waals surface area (Å²) < 4.78 is 24.6. The Kier molecular flexibility index (Phi) is 11.2. The number of pyridine rings is 2. The Balaban J connectivity index is 2.28. The van der Waals surface area contributed by atoms with Crippen molar-refractivity contribution in [2.24, 2.45) is 4.99 Å². The molecule has 11 nitrogen and oxygen atoms in total. The van der Waals surface area contributed by atoms with Gasteiger partial charge in [-0.15, -0.1) is 0 Å². The molecule has 11 heteroatoms. The Morgan fingerprint density at radius 1 is 1.17 bits per heavy atom. The molecule has 3 rings (SSSR count). The molecule has 0 saturated heterocycles. The van der Waals surface area contributed by atoms with Crippen LogP contribution < -0.4 is 11.0 Å². The van der Waals surface area contributed by atoms with Gasteiger partial charge in [0.25, 0.3) is 11.5 Å². The van der Waals surface area contributed by atoms with E-state index in [9.17, 15) is 14.4 Å². The molecule has 0 aromatic carbocycles. The fourth-order valence-corrected chi connectivity index (χ4v) is 4.10. The summed E-state index contributed by atoms with van der Waals surface area (Å²) in [6.07, 6.45) is 6.62. The predicted octanol–water partition coefficient (Wildman–Crippen LogP) is 3.71. The summed E-state index contributed by atoms with van der Waals surface area (Å²) in [5.74, 6) is -0.581. The molecular formula is C30H36N4O7. The first-order chi connectivity index (χ1) is 19.7. The van der Waals surface area contributed by atoms with Crippen LogP contribution in [0.25, 0.3) is 16.7 Å². The van der Waals surface area contributed by atoms with E-state index < -0.39 is 11.9 Å². The van der Waals surface area contributed by atoms with Crippen LogP contribution in [0.3, 0.4) is 0 Å². The molecule has 0 N–H and O–H groups in total. The molecule has 0 aliphatic rings. The third-order valence-corrected chi connectivity index (χ3v) is 5.91. The molecule has 0 saturated carbocycles. The zero-order valence-corrected chi connectivity index (χ0v) is 24.1. The highest BCUT2D eigenvalue weighted by molar-refractivity contribution is 5.93. The molecule has 3 aromatic heterocycles. The van der Waals surface area contributed by atoms with Crippen molar-refractivity contribution in [1.29, 1.82) is 0 Å². The van der Waals surface area contributed by atoms with E-state index in [-0.39, 0.29) is 53.3 Å². The van der Waals surface area contributed by atoms with Crippen molar-refractivity contribution in [3.05, 3.63) is 88.2 Å². The summed E-state index contributed by atoms with van der Waals surface area (Å²) in [7, 11) is 2.92. The first-order valence-corrected chi connectivity index (χ1v) is 13.3. The number of carbonyl (C=O) groups is 2. The molecule has 0 radical (unpaired) electrons. The van der Waals surface area contributed by atoms with Crippen molar-refractivity contribution in [2.45, 2.75) is 46.3 Å². The Morgan fingerprint density at radius 3 is 2.59 bits per heavy atom. The van der Waals surface area contributed by atoms with Gasteiger partial charge in [-0.1, -0.05) is 18.7 Å². The van der Waals surface area contributed by atoms with E-state index in [1.54, 1.807) is 42.0 Å². The van der Waals surface area contributed by atoms with Gasteiger partial charge in [-0.2, -0.15) is 4.99 Å². The average molecular weight is 565 g/mol. The third-order valence-electron chi connectivity index (χ3n) is 5.91. The van der Waals surface area contributed by atoms with E-state index in [1.807, 2.05) is 13.8 Å². The molecule has 0 atom stereocenters. The third kappa shape index (κ3) is 7.57. The number of amides is 1. The smallest absolute Gasteiger partial charge is 0.341 e. The molecule has 1 amide bonds. The lowest BCUT2D eigenvalue weighted by molar-refractivity contribution is -0.117. The second-order valence-electron chi connectivity index (χ2n) is 9.06. The number of ether oxygens (including phenoxy) is 4. The van der Waals surface area contributed by atoms with E-state index in [0.29, 0.717) is 30.2 Å². The number of aromatic nitrogens is 3. The highest BCUT2D eigenvalue weighted by atomic mass is 16.5. The second-order valence-corrected chi connectivity index (χ2v) is 9.06. The lowest BCUT2D eigenvalue weighted by Gasteiger charge is -2.15. The molecule has 0 aliphatic carbocycles. The van der Waals surface area contributed by atoms with Gasteiger partial charge in [0, 0.05) is 19.3 Å². The van der Waals surface area contributed by atoms with Gasteiger partial charge in [0.05, 0.1) is 38.7 Å². The summed E-state index contributed by atoms with van der Waals surface area (Å²) >= 11 is 0. The fourth-order valence-electron chi connectivity index (χ4n) is 4.10. The summed E-state index contributed by atoms with van der Waals surface area (Å²) in [6.45, 7) is 9.95. The average Bonchev–Trinajstić information content (AvgIpc) is 2.95. The molecule has 0 fully saturated rings. The number of hydrogen-bond acceptors (Lipinski definition) is 8. The molecule has 218 valence electrons. The normalized spacial score (nSPS) is 12.7. The van der Waals surface area contributed by atoms with Crippen LogP contribution in [0, 0.1) is 0 Å². The Bertz CT molecular complexity index is 1610. The molecule has 3 aromatic rings. The maximum absolute atomic E-state index is 13.5. The van der Waals surface area contributed by atoms with Crippen LogP contribution in [0.1, 0.15) is 44.0 Å². The summed E-state index contributed by atoms with van der Waals surface area (Å²) in [5, 5.41) is 0.189. The Morgan fingerprint density at radius 2 is 1.93 bits per heavy atom. The van der Waals surface area contributed by atoms with E-state index in [4.69, 9.17) is 23.9 Å². The topological polar surface area (TPSA) is 123 Å². The number of methoxy groups -OCH3 is 2. The number of allylic oxidation sites excluding steroid dienone is 2. The lowest BCUT2D eigenvalue weighted by Crippen LogP contribution is -2.33. The summed E-state index contributed by atoms with van der Waals surface area (Å²) in [5.41, 5.74) is 0.349. The zero-order chi connectivity index (χ0) is 29.9. The summed E-state index contributed by atoms with van der Waals surface area (Å²) in [6, 6.07) is 6.58. The van der Waals surface area contributed by atoms with E-state index in [0.717, 1.165) is 0 Å². The van der Waals surface area contributed by atoms with Gasteiger partial charge in [-0.05, 0) is 57.5 Å². The van der Waals surface area contributed by atoms with Crippen LogP contribution in [0.2, 0.25) is 0 Å². The maximum Gasteiger partial charge on any atom is 0.341 e. The summed E-state index contributed by atoms with van der Waals surface area (Å²) in [4.78, 5) is 48.8. The van der Waals surface area contributed by atoms with Crippen LogP contribution in [0.5, 0.6) is 0 Å². The van der Waals surface area contributed by atoms with E-state index >= 15 is 0 Å². The molecule has 3 heterocycles. The van der Waals surface area contributed by atoms with Gasteiger partial charge < -0.3 is 23.5 Å². The minimum Gasteiger partial charge on any atom is -0.493 e. The van der Waals surface area contributed by atoms with E-state index in [2.05, 4.69) is 11.6 Å². The Hall–Kier alpha value is -4.51. The van der Waals surface area contributed by atoms with Crippen LogP contribution in [-0.2, 0) is 30.3 Å². The number of carbonyl (C=O) groups excluding carboxylic acids is 2. The minimum atomic E-state index is -0.714. The first-order valence-electron chi connectivity index (χ1n) is 13.3. The quantitative estimate of drug-likeness (QED) is 0.101. The van der Waals surface area contributed by atoms with Crippen molar-refractivity contribution in [2.75, 3.05) is 27.4 Å². The lowest BCUT2D eigenvalue weighted by atomic mass is 10.2. The van der Waals surface area contributed by atoms with Crippen LogP contribution in [-0.4, -0.2) is 59.4 Å². The number of fused-ring (bicyclic) bond motifs is 2. The van der Waals surface area contributed by atoms with Gasteiger partial charge >= 0.3 is 5.97 Å². The molecule has 41 heavy (non-hydrogen) atoms. The van der Waals surface area contributed by atoms with Crippen molar-refractivity contribution < 1.29 is 28.5 Å². The van der Waals surface area contributed by atoms with Crippen molar-refractivity contribution in [3.63, 3.8) is 0 Å². The van der Waals surface area contributed by atoms with Crippen molar-refractivity contribution >= 4 is 28.6 Å². The maximum atomic E-state index is 13.5. The fraction of sp³-hybridized carbons (Fsp3) is 0.367. The SMILES string of the molecule is C=C/C=C(OC)/C(=C/CC(=O)N=c1c(C(=O)OCC)cc2c(=O)n3ccccc3nc2n1CCCOC(C)C)OC. The largest absolute Gasteiger partial charge is 0.493 e. The number of rotatable bonds is 13. The standard InChI is InChI=1S/C30H36N4O7/c1-7-12-23(38-5)24(39-6)14-15-26(35)32-28-22(30(37)40-8-2)19-21-27(34(28)17-11-18-41-20(3)4)31-25-13-9-10-16-33(25)29(21)36/h7,9-10,12-14,16,19-20H,1,8,11,15,17-18H2,2-6H3/b23-12-,24-14-,32-28?. The van der Waals surface area contributed by atoms with Gasteiger partial charge in [0.15, 0.2) is 17.0 Å². The Labute approximate surface area is 238 Å². The first kappa shape index (κ1) is 31.0. The van der Waals surface area contributed by atoms with E-state index in [1.165, 1.54) is 36.8 Å². The number of aryl methyl sites for hydroxylation is 1. The molecular weight excluding hydrogens is 528 g/mol. The van der Waals surface area contributed by atoms with Crippen LogP contribution in [0.15, 0.2) is 76.6 Å². The van der Waals surface area contributed by atoms with Gasteiger partial charge in [0.1, 0.15) is 16.9 Å². The molecule has 0 spiro atoms. The van der Waals surface area contributed by atoms with Crippen molar-refractivity contribution in [1.82, 2.24) is 14.0 Å². The van der Waals surface area contributed by atoms with Crippen LogP contribution >= 0.6 is 0 Å². The highest BCUT2D eigenvalue weighted by Gasteiger charge is 2.20.